The highest BCUT2D eigenvalue weighted by Crippen LogP contribution is 2.19. The van der Waals surface area contributed by atoms with Crippen molar-refractivity contribution >= 4 is 17.1 Å². The molecule has 0 aliphatic carbocycles. The van der Waals surface area contributed by atoms with Gasteiger partial charge in [-0.3, -0.25) is 9.55 Å². The minimum atomic E-state index is 0.519. The van der Waals surface area contributed by atoms with Gasteiger partial charge in [0.05, 0.1) is 0 Å². The average Bonchev–Trinajstić information content (AvgIpc) is 2.75. The number of nitrogens with zero attached hydrogens (tertiary/aromatic N) is 4. The molecule has 3 heterocycles. The zero-order valence-corrected chi connectivity index (χ0v) is 10.7. The summed E-state index contributed by atoms with van der Waals surface area (Å²) < 4.78 is 1.96. The van der Waals surface area contributed by atoms with Gasteiger partial charge >= 0.3 is 0 Å². The van der Waals surface area contributed by atoms with Crippen molar-refractivity contribution in [1.82, 2.24) is 19.5 Å². The average molecular weight is 253 g/mol. The van der Waals surface area contributed by atoms with Crippen LogP contribution in [0.5, 0.6) is 0 Å². The molecule has 0 aliphatic rings. The van der Waals surface area contributed by atoms with Crippen molar-refractivity contribution in [2.24, 2.45) is 0 Å². The molecule has 96 valence electrons. The summed E-state index contributed by atoms with van der Waals surface area (Å²) in [5, 5.41) is 0. The first-order valence-corrected chi connectivity index (χ1v) is 6.22. The van der Waals surface area contributed by atoms with Gasteiger partial charge in [0.2, 0.25) is 5.95 Å². The number of fused-ring (bicyclic) bond motifs is 1. The molecule has 0 spiro atoms. The molecule has 0 fully saturated rings. The Balaban J connectivity index is 1.93. The van der Waals surface area contributed by atoms with Crippen LogP contribution in [-0.2, 0) is 13.0 Å². The highest BCUT2D eigenvalue weighted by molar-refractivity contribution is 5.77. The number of hydrogen-bond acceptors (Lipinski definition) is 4. The van der Waals surface area contributed by atoms with E-state index in [0.29, 0.717) is 5.95 Å². The van der Waals surface area contributed by atoms with Gasteiger partial charge in [-0.15, -0.1) is 0 Å². The van der Waals surface area contributed by atoms with Crippen molar-refractivity contribution in [3.8, 4) is 0 Å². The summed E-state index contributed by atoms with van der Waals surface area (Å²) >= 11 is 0. The Labute approximate surface area is 111 Å². The van der Waals surface area contributed by atoms with Crippen LogP contribution in [0.1, 0.15) is 11.1 Å². The smallest absolute Gasteiger partial charge is 0.202 e. The molecule has 0 radical (unpaired) electrons. The first-order chi connectivity index (χ1) is 9.25. The number of anilines is 1. The number of aromatic nitrogens is 4. The maximum atomic E-state index is 5.99. The van der Waals surface area contributed by atoms with Gasteiger partial charge in [0.15, 0.2) is 5.65 Å². The first kappa shape index (κ1) is 11.6. The Morgan fingerprint density at radius 1 is 1.16 bits per heavy atom. The van der Waals surface area contributed by atoms with E-state index < -0.39 is 0 Å². The maximum absolute atomic E-state index is 5.99. The fourth-order valence-electron chi connectivity index (χ4n) is 2.17. The molecular weight excluding hydrogens is 238 g/mol. The Morgan fingerprint density at radius 3 is 2.74 bits per heavy atom. The Bertz CT molecular complexity index is 702. The molecule has 0 amide bonds. The number of aryl methyl sites for hydroxylation is 3. The fraction of sp³-hybridized carbons (Fsp3) is 0.214. The number of hydrogen-bond donors (Lipinski definition) is 1. The van der Waals surface area contributed by atoms with Crippen molar-refractivity contribution in [2.45, 2.75) is 19.9 Å². The molecule has 0 bridgehead atoms. The van der Waals surface area contributed by atoms with E-state index in [9.17, 15) is 0 Å². The summed E-state index contributed by atoms with van der Waals surface area (Å²) in [4.78, 5) is 12.8. The van der Waals surface area contributed by atoms with Gasteiger partial charge in [0.1, 0.15) is 5.52 Å². The molecule has 2 N–H and O–H groups in total. The van der Waals surface area contributed by atoms with Crippen LogP contribution >= 0.6 is 0 Å². The second-order valence-corrected chi connectivity index (χ2v) is 4.53. The molecular formula is C14H15N5. The second kappa shape index (κ2) is 4.68. The van der Waals surface area contributed by atoms with Crippen molar-refractivity contribution in [3.63, 3.8) is 0 Å². The molecule has 0 aromatic carbocycles. The van der Waals surface area contributed by atoms with E-state index in [-0.39, 0.29) is 0 Å². The molecule has 3 aromatic heterocycles. The topological polar surface area (TPSA) is 69.6 Å². The molecule has 0 saturated carbocycles. The van der Waals surface area contributed by atoms with Crippen molar-refractivity contribution < 1.29 is 0 Å². The monoisotopic (exact) mass is 253 g/mol. The van der Waals surface area contributed by atoms with Crippen LogP contribution in [-0.4, -0.2) is 19.5 Å². The van der Waals surface area contributed by atoms with Crippen LogP contribution in [0, 0.1) is 6.92 Å². The van der Waals surface area contributed by atoms with Gasteiger partial charge in [0, 0.05) is 25.1 Å². The maximum Gasteiger partial charge on any atom is 0.202 e. The van der Waals surface area contributed by atoms with Crippen LogP contribution in [0.2, 0.25) is 0 Å². The van der Waals surface area contributed by atoms with Crippen molar-refractivity contribution in [2.75, 3.05) is 5.73 Å². The normalized spacial score (nSPS) is 11.0. The SMILES string of the molecule is Cc1ccnc2c1nc(N)n2CCc1ccncc1. The van der Waals surface area contributed by atoms with E-state index in [0.717, 1.165) is 29.7 Å². The zero-order chi connectivity index (χ0) is 13.2. The minimum absolute atomic E-state index is 0.519. The largest absolute Gasteiger partial charge is 0.369 e. The van der Waals surface area contributed by atoms with Crippen LogP contribution in [0.15, 0.2) is 36.8 Å². The zero-order valence-electron chi connectivity index (χ0n) is 10.7. The van der Waals surface area contributed by atoms with E-state index in [1.165, 1.54) is 5.56 Å². The standard InChI is InChI=1S/C14H15N5/c1-10-2-8-17-13-12(10)18-14(15)19(13)9-5-11-3-6-16-7-4-11/h2-4,6-8H,5,9H2,1H3,(H2,15,18). The Kier molecular flexibility index (Phi) is 2.87. The highest BCUT2D eigenvalue weighted by atomic mass is 15.2. The Hall–Kier alpha value is -2.43. The summed E-state index contributed by atoms with van der Waals surface area (Å²) in [7, 11) is 0. The third kappa shape index (κ3) is 2.14. The lowest BCUT2D eigenvalue weighted by Crippen LogP contribution is -2.06. The highest BCUT2D eigenvalue weighted by Gasteiger charge is 2.10. The molecule has 0 atom stereocenters. The van der Waals surface area contributed by atoms with Crippen LogP contribution in [0.25, 0.3) is 11.2 Å². The molecule has 5 nitrogen and oxygen atoms in total. The van der Waals surface area contributed by atoms with Gasteiger partial charge in [-0.25, -0.2) is 9.97 Å². The number of imidazole rings is 1. The van der Waals surface area contributed by atoms with Gasteiger partial charge in [0.25, 0.3) is 0 Å². The second-order valence-electron chi connectivity index (χ2n) is 4.53. The van der Waals surface area contributed by atoms with Crippen molar-refractivity contribution in [1.29, 1.82) is 0 Å². The summed E-state index contributed by atoms with van der Waals surface area (Å²) in [6.07, 6.45) is 6.27. The lowest BCUT2D eigenvalue weighted by Gasteiger charge is -2.05. The summed E-state index contributed by atoms with van der Waals surface area (Å²) in [5.41, 5.74) is 10.0. The van der Waals surface area contributed by atoms with E-state index in [1.54, 1.807) is 18.6 Å². The van der Waals surface area contributed by atoms with Crippen LogP contribution in [0.4, 0.5) is 5.95 Å². The number of rotatable bonds is 3. The van der Waals surface area contributed by atoms with Crippen LogP contribution < -0.4 is 5.73 Å². The third-order valence-corrected chi connectivity index (χ3v) is 3.24. The lowest BCUT2D eigenvalue weighted by molar-refractivity contribution is 0.719. The summed E-state index contributed by atoms with van der Waals surface area (Å²) in [5.74, 6) is 0.519. The molecule has 5 heteroatoms. The third-order valence-electron chi connectivity index (χ3n) is 3.24. The molecule has 3 aromatic rings. The lowest BCUT2D eigenvalue weighted by atomic mass is 10.2. The van der Waals surface area contributed by atoms with E-state index in [1.807, 2.05) is 29.7 Å². The molecule has 0 unspecified atom stereocenters. The van der Waals surface area contributed by atoms with Gasteiger partial charge in [-0.1, -0.05) is 0 Å². The Morgan fingerprint density at radius 2 is 1.95 bits per heavy atom. The molecule has 19 heavy (non-hydrogen) atoms. The quantitative estimate of drug-likeness (QED) is 0.774. The van der Waals surface area contributed by atoms with Crippen LogP contribution in [0.3, 0.4) is 0 Å². The van der Waals surface area contributed by atoms with E-state index in [2.05, 4.69) is 15.0 Å². The predicted octanol–water partition coefficient (Wildman–Crippen LogP) is 1.96. The number of nitrogens with two attached hydrogens (primary N) is 1. The molecule has 3 rings (SSSR count). The van der Waals surface area contributed by atoms with Gasteiger partial charge in [-0.05, 0) is 42.7 Å². The number of pyridine rings is 2. The fourth-order valence-corrected chi connectivity index (χ4v) is 2.17. The summed E-state index contributed by atoms with van der Waals surface area (Å²) in [6, 6.07) is 5.96. The van der Waals surface area contributed by atoms with E-state index >= 15 is 0 Å². The van der Waals surface area contributed by atoms with Gasteiger partial charge < -0.3 is 5.73 Å². The predicted molar refractivity (Wildman–Crippen MR) is 74.6 cm³/mol. The minimum Gasteiger partial charge on any atom is -0.369 e. The molecule has 0 saturated heterocycles. The summed E-state index contributed by atoms with van der Waals surface area (Å²) in [6.45, 7) is 2.78. The van der Waals surface area contributed by atoms with E-state index in [4.69, 9.17) is 5.73 Å². The molecule has 0 aliphatic heterocycles. The number of nitrogen functional groups attached to an aromatic ring is 1. The van der Waals surface area contributed by atoms with Crippen molar-refractivity contribution in [3.05, 3.63) is 47.9 Å². The van der Waals surface area contributed by atoms with Gasteiger partial charge in [-0.2, -0.15) is 0 Å². The first-order valence-electron chi connectivity index (χ1n) is 6.22.